The van der Waals surface area contributed by atoms with Crippen molar-refractivity contribution in [3.8, 4) is 78.8 Å². The molecule has 0 bridgehead atoms. The summed E-state index contributed by atoms with van der Waals surface area (Å²) in [6, 6.07) is 65.8. The molecule has 0 saturated heterocycles. The van der Waals surface area contributed by atoms with E-state index in [0.717, 1.165) is 50.2 Å². The summed E-state index contributed by atoms with van der Waals surface area (Å²) in [5.41, 5.74) is 11.6. The summed E-state index contributed by atoms with van der Waals surface area (Å²) in [4.78, 5) is 19.8. The summed E-state index contributed by atoms with van der Waals surface area (Å²) in [5, 5.41) is 2.52. The highest BCUT2D eigenvalue weighted by Gasteiger charge is 2.16. The Balaban J connectivity index is 1.16. The van der Waals surface area contributed by atoms with Crippen LogP contribution in [0.25, 0.3) is 99.0 Å². The van der Waals surface area contributed by atoms with E-state index in [9.17, 15) is 0 Å². The van der Waals surface area contributed by atoms with Crippen molar-refractivity contribution in [2.45, 2.75) is 0 Å². The molecule has 0 fully saturated rings. The summed E-state index contributed by atoms with van der Waals surface area (Å²) < 4.78 is 2.55. The number of benzene rings is 7. The van der Waals surface area contributed by atoms with E-state index >= 15 is 0 Å². The van der Waals surface area contributed by atoms with E-state index in [1.807, 2.05) is 96.4 Å². The lowest BCUT2D eigenvalue weighted by Crippen LogP contribution is -2.00. The van der Waals surface area contributed by atoms with Crippen LogP contribution in [-0.2, 0) is 0 Å². The maximum absolute atomic E-state index is 5.12. The van der Waals surface area contributed by atoms with E-state index in [1.54, 1.807) is 0 Å². The molecule has 0 unspecified atom stereocenters. The molecule has 258 valence electrons. The highest BCUT2D eigenvalue weighted by Crippen LogP contribution is 2.40. The van der Waals surface area contributed by atoms with Gasteiger partial charge in [-0.15, -0.1) is 11.3 Å². The summed E-state index contributed by atoms with van der Waals surface area (Å²) in [7, 11) is 0. The topological polar surface area (TPSA) is 51.6 Å². The van der Waals surface area contributed by atoms with Crippen LogP contribution in [0, 0.1) is 0 Å². The third kappa shape index (κ3) is 6.48. The Morgan fingerprint density at radius 1 is 0.291 bits per heavy atom. The number of thiophene rings is 1. The Labute approximate surface area is 323 Å². The molecule has 10 aromatic rings. The lowest BCUT2D eigenvalue weighted by atomic mass is 9.94. The van der Waals surface area contributed by atoms with Gasteiger partial charge in [0.15, 0.2) is 17.5 Å². The fraction of sp³-hybridized carbons (Fsp3) is 0. The number of aromatic nitrogens is 4. The van der Waals surface area contributed by atoms with Gasteiger partial charge in [-0.2, -0.15) is 0 Å². The summed E-state index contributed by atoms with van der Waals surface area (Å²) in [5.74, 6) is 1.89. The normalized spacial score (nSPS) is 11.3. The summed E-state index contributed by atoms with van der Waals surface area (Å²) >= 11 is 1.84. The van der Waals surface area contributed by atoms with E-state index in [4.69, 9.17) is 15.0 Å². The predicted octanol–water partition coefficient (Wildman–Crippen LogP) is 13.3. The third-order valence-corrected chi connectivity index (χ3v) is 11.1. The number of hydrogen-bond acceptors (Lipinski definition) is 5. The van der Waals surface area contributed by atoms with Crippen LogP contribution in [0.1, 0.15) is 0 Å². The minimum Gasteiger partial charge on any atom is -0.256 e. The van der Waals surface area contributed by atoms with Crippen molar-refractivity contribution < 1.29 is 0 Å². The molecule has 7 aromatic carbocycles. The number of fused-ring (bicyclic) bond motifs is 3. The first-order chi connectivity index (χ1) is 27.2. The Bertz CT molecular complexity index is 2890. The molecule has 3 aromatic heterocycles. The smallest absolute Gasteiger partial charge is 0.164 e. The zero-order valence-corrected chi connectivity index (χ0v) is 30.5. The van der Waals surface area contributed by atoms with Crippen molar-refractivity contribution in [3.63, 3.8) is 0 Å². The van der Waals surface area contributed by atoms with E-state index in [0.29, 0.717) is 17.5 Å². The Morgan fingerprint density at radius 3 is 1.25 bits per heavy atom. The van der Waals surface area contributed by atoms with Crippen LogP contribution in [0.5, 0.6) is 0 Å². The average molecular weight is 721 g/mol. The number of nitrogens with zero attached hydrogens (tertiary/aromatic N) is 4. The fourth-order valence-electron chi connectivity index (χ4n) is 7.16. The first-order valence-corrected chi connectivity index (χ1v) is 19.1. The highest BCUT2D eigenvalue weighted by molar-refractivity contribution is 7.25. The van der Waals surface area contributed by atoms with Crippen LogP contribution < -0.4 is 0 Å². The minimum absolute atomic E-state index is 0.621. The molecule has 0 saturated carbocycles. The first kappa shape index (κ1) is 32.6. The largest absolute Gasteiger partial charge is 0.256 e. The number of hydrogen-bond donors (Lipinski definition) is 0. The summed E-state index contributed by atoms with van der Waals surface area (Å²) in [6.45, 7) is 0. The van der Waals surface area contributed by atoms with Gasteiger partial charge in [0, 0.05) is 48.6 Å². The zero-order valence-electron chi connectivity index (χ0n) is 29.7. The zero-order chi connectivity index (χ0) is 36.6. The molecule has 0 N–H and O–H groups in total. The minimum atomic E-state index is 0.621. The third-order valence-electron chi connectivity index (χ3n) is 9.98. The molecule has 0 atom stereocenters. The highest BCUT2D eigenvalue weighted by atomic mass is 32.1. The van der Waals surface area contributed by atoms with Crippen molar-refractivity contribution in [1.82, 2.24) is 19.9 Å². The van der Waals surface area contributed by atoms with Crippen molar-refractivity contribution in [2.75, 3.05) is 0 Å². The van der Waals surface area contributed by atoms with Crippen LogP contribution in [-0.4, -0.2) is 19.9 Å². The molecule has 10 rings (SSSR count). The second kappa shape index (κ2) is 14.0. The summed E-state index contributed by atoms with van der Waals surface area (Å²) in [6.07, 6.45) is 1.83. The molecule has 55 heavy (non-hydrogen) atoms. The maximum atomic E-state index is 5.12. The van der Waals surface area contributed by atoms with E-state index in [2.05, 4.69) is 114 Å². The van der Waals surface area contributed by atoms with Gasteiger partial charge >= 0.3 is 0 Å². The van der Waals surface area contributed by atoms with Gasteiger partial charge in [0.2, 0.25) is 0 Å². The lowest BCUT2D eigenvalue weighted by Gasteiger charge is -2.13. The van der Waals surface area contributed by atoms with E-state index < -0.39 is 0 Å². The molecule has 4 nitrogen and oxygen atoms in total. The van der Waals surface area contributed by atoms with Crippen LogP contribution in [0.2, 0.25) is 0 Å². The molecule has 0 spiro atoms. The maximum Gasteiger partial charge on any atom is 0.164 e. The fourth-order valence-corrected chi connectivity index (χ4v) is 8.23. The molecule has 0 radical (unpaired) electrons. The van der Waals surface area contributed by atoms with Gasteiger partial charge in [0.05, 0.1) is 5.69 Å². The Hall–Kier alpha value is -7.08. The SMILES string of the molecule is c1ccc(-c2ccc3sc4ccc(-c5cc(-c6ccc(-c7ccccn7)cc6)cc(-c6nc(-c7ccccc7)nc(-c7ccccc7)n6)c5)cc4c3c2)cc1. The molecule has 0 aliphatic heterocycles. The number of pyridine rings is 1. The number of rotatable bonds is 7. The molecule has 0 aliphatic carbocycles. The monoisotopic (exact) mass is 720 g/mol. The average Bonchev–Trinajstić information content (AvgIpc) is 3.65. The Kier molecular flexibility index (Phi) is 8.32. The van der Waals surface area contributed by atoms with Gasteiger partial charge in [0.1, 0.15) is 0 Å². The molecule has 0 amide bonds. The van der Waals surface area contributed by atoms with Gasteiger partial charge in [-0.05, 0) is 88.0 Å². The lowest BCUT2D eigenvalue weighted by molar-refractivity contribution is 1.07. The first-order valence-electron chi connectivity index (χ1n) is 18.3. The van der Waals surface area contributed by atoms with E-state index in [1.165, 1.54) is 31.3 Å². The van der Waals surface area contributed by atoms with Crippen LogP contribution in [0.15, 0.2) is 194 Å². The second-order valence-electron chi connectivity index (χ2n) is 13.5. The molecule has 5 heteroatoms. The van der Waals surface area contributed by atoms with Crippen molar-refractivity contribution in [3.05, 3.63) is 194 Å². The van der Waals surface area contributed by atoms with E-state index in [-0.39, 0.29) is 0 Å². The van der Waals surface area contributed by atoms with Gasteiger partial charge in [-0.1, -0.05) is 133 Å². The molecular weight excluding hydrogens is 689 g/mol. The van der Waals surface area contributed by atoms with Gasteiger partial charge < -0.3 is 0 Å². The molecule has 0 aliphatic rings. The van der Waals surface area contributed by atoms with Gasteiger partial charge in [-0.3, -0.25) is 4.98 Å². The van der Waals surface area contributed by atoms with Crippen molar-refractivity contribution in [1.29, 1.82) is 0 Å². The molecular formula is C50H32N4S. The van der Waals surface area contributed by atoms with Crippen LogP contribution >= 0.6 is 11.3 Å². The van der Waals surface area contributed by atoms with Gasteiger partial charge in [-0.25, -0.2) is 15.0 Å². The second-order valence-corrected chi connectivity index (χ2v) is 14.6. The standard InChI is InChI=1S/C50H32N4S/c1-4-12-33(13-5-1)38-23-25-46-43(31-38)44-32-39(24-26-47(44)55-46)41-28-40(34-19-21-35(22-20-34)45-18-10-11-27-51-45)29-42(30-41)50-53-48(36-14-6-2-7-15-36)52-49(54-50)37-16-8-3-9-17-37/h1-32H. The quantitative estimate of drug-likeness (QED) is 0.164. The molecule has 3 heterocycles. The predicted molar refractivity (Wildman–Crippen MR) is 229 cm³/mol. The van der Waals surface area contributed by atoms with Crippen molar-refractivity contribution >= 4 is 31.5 Å². The van der Waals surface area contributed by atoms with Crippen molar-refractivity contribution in [2.24, 2.45) is 0 Å². The Morgan fingerprint density at radius 2 is 0.709 bits per heavy atom. The van der Waals surface area contributed by atoms with Crippen LogP contribution in [0.3, 0.4) is 0 Å². The van der Waals surface area contributed by atoms with Crippen LogP contribution in [0.4, 0.5) is 0 Å². The van der Waals surface area contributed by atoms with Gasteiger partial charge in [0.25, 0.3) is 0 Å².